The van der Waals surface area contributed by atoms with Gasteiger partial charge in [0.1, 0.15) is 9.84 Å². The molecule has 18 heavy (non-hydrogen) atoms. The molecule has 0 aromatic carbocycles. The van der Waals surface area contributed by atoms with Crippen molar-refractivity contribution in [3.05, 3.63) is 0 Å². The van der Waals surface area contributed by atoms with E-state index in [0.717, 1.165) is 13.0 Å². The summed E-state index contributed by atoms with van der Waals surface area (Å²) >= 11 is 1.84. The van der Waals surface area contributed by atoms with Gasteiger partial charge in [-0.3, -0.25) is 4.99 Å². The molecular formula is C10H24IN3O2S2. The smallest absolute Gasteiger partial charge is 0.191 e. The number of halogens is 1. The van der Waals surface area contributed by atoms with E-state index >= 15 is 0 Å². The molecule has 0 heterocycles. The first-order chi connectivity index (χ1) is 7.99. The van der Waals surface area contributed by atoms with Crippen molar-refractivity contribution in [1.82, 2.24) is 10.6 Å². The number of hydrogen-bond acceptors (Lipinski definition) is 4. The van der Waals surface area contributed by atoms with Crippen LogP contribution in [0.2, 0.25) is 0 Å². The molecule has 2 N–H and O–H groups in total. The maximum Gasteiger partial charge on any atom is 0.191 e. The maximum absolute atomic E-state index is 10.9. The van der Waals surface area contributed by atoms with Crippen molar-refractivity contribution in [2.75, 3.05) is 44.2 Å². The molecule has 0 spiro atoms. The zero-order chi connectivity index (χ0) is 13.1. The maximum atomic E-state index is 10.9. The van der Waals surface area contributed by atoms with E-state index in [4.69, 9.17) is 0 Å². The number of unbranched alkanes of at least 4 members (excludes halogenated alkanes) is 1. The molecule has 0 rings (SSSR count). The van der Waals surface area contributed by atoms with Crippen molar-refractivity contribution >= 4 is 51.5 Å². The van der Waals surface area contributed by atoms with Crippen LogP contribution in [0.15, 0.2) is 4.99 Å². The SMILES string of the molecule is CN=C(NCCCCSC)NCCS(C)(=O)=O.I. The average molecular weight is 409 g/mol. The molecule has 0 fully saturated rings. The summed E-state index contributed by atoms with van der Waals surface area (Å²) in [5.74, 6) is 1.96. The quantitative estimate of drug-likeness (QED) is 0.271. The van der Waals surface area contributed by atoms with E-state index in [2.05, 4.69) is 21.9 Å². The zero-order valence-corrected chi connectivity index (χ0v) is 15.2. The third-order valence-corrected chi connectivity index (χ3v) is 3.70. The highest BCUT2D eigenvalue weighted by Gasteiger charge is 2.02. The second-order valence-corrected chi connectivity index (χ2v) is 7.00. The monoisotopic (exact) mass is 409 g/mol. The molecule has 0 saturated carbocycles. The molecule has 0 bridgehead atoms. The molecule has 0 aliphatic carbocycles. The molecule has 0 atom stereocenters. The number of guanidine groups is 1. The molecule has 0 radical (unpaired) electrons. The fourth-order valence-electron chi connectivity index (χ4n) is 1.15. The van der Waals surface area contributed by atoms with Gasteiger partial charge >= 0.3 is 0 Å². The second-order valence-electron chi connectivity index (χ2n) is 3.76. The van der Waals surface area contributed by atoms with Crippen molar-refractivity contribution in [2.24, 2.45) is 4.99 Å². The van der Waals surface area contributed by atoms with Crippen molar-refractivity contribution in [3.63, 3.8) is 0 Å². The van der Waals surface area contributed by atoms with E-state index in [1.165, 1.54) is 18.4 Å². The third-order valence-electron chi connectivity index (χ3n) is 2.06. The van der Waals surface area contributed by atoms with E-state index in [-0.39, 0.29) is 29.7 Å². The lowest BCUT2D eigenvalue weighted by atomic mass is 10.3. The summed E-state index contributed by atoms with van der Waals surface area (Å²) in [6.45, 7) is 1.25. The highest BCUT2D eigenvalue weighted by molar-refractivity contribution is 14.0. The predicted molar refractivity (Wildman–Crippen MR) is 92.1 cm³/mol. The third kappa shape index (κ3) is 14.4. The van der Waals surface area contributed by atoms with Gasteiger partial charge in [-0.05, 0) is 24.9 Å². The first kappa shape index (κ1) is 20.6. The van der Waals surface area contributed by atoms with Crippen molar-refractivity contribution in [1.29, 1.82) is 0 Å². The van der Waals surface area contributed by atoms with Crippen LogP contribution >= 0.6 is 35.7 Å². The number of nitrogens with one attached hydrogen (secondary N) is 2. The highest BCUT2D eigenvalue weighted by Crippen LogP contribution is 1.97. The van der Waals surface area contributed by atoms with Crippen LogP contribution in [0.4, 0.5) is 0 Å². The number of sulfone groups is 1. The molecular weight excluding hydrogens is 385 g/mol. The Morgan fingerprint density at radius 3 is 2.33 bits per heavy atom. The van der Waals surface area contributed by atoms with Gasteiger partial charge in [-0.2, -0.15) is 11.8 Å². The molecule has 0 saturated heterocycles. The summed E-state index contributed by atoms with van der Waals surface area (Å²) in [7, 11) is -1.23. The predicted octanol–water partition coefficient (Wildman–Crippen LogP) is 0.957. The summed E-state index contributed by atoms with van der Waals surface area (Å²) in [6, 6.07) is 0. The van der Waals surface area contributed by atoms with Crippen LogP contribution in [-0.2, 0) is 9.84 Å². The Balaban J connectivity index is 0. The number of aliphatic imine (C=N–C) groups is 1. The van der Waals surface area contributed by atoms with E-state index in [1.807, 2.05) is 11.8 Å². The lowest BCUT2D eigenvalue weighted by molar-refractivity contribution is 0.600. The normalized spacial score (nSPS) is 11.8. The Hall–Kier alpha value is 0.300. The summed E-state index contributed by atoms with van der Waals surface area (Å²) < 4.78 is 21.9. The van der Waals surface area contributed by atoms with Crippen LogP contribution in [0.3, 0.4) is 0 Å². The number of rotatable bonds is 8. The summed E-state index contributed by atoms with van der Waals surface area (Å²) in [5, 5.41) is 6.12. The van der Waals surface area contributed by atoms with Crippen LogP contribution in [0, 0.1) is 0 Å². The lowest BCUT2D eigenvalue weighted by Gasteiger charge is -2.11. The zero-order valence-electron chi connectivity index (χ0n) is 11.2. The lowest BCUT2D eigenvalue weighted by Crippen LogP contribution is -2.39. The minimum Gasteiger partial charge on any atom is -0.356 e. The Morgan fingerprint density at radius 2 is 1.83 bits per heavy atom. The van der Waals surface area contributed by atoms with Gasteiger partial charge in [0.25, 0.3) is 0 Å². The van der Waals surface area contributed by atoms with E-state index in [9.17, 15) is 8.42 Å². The minimum absolute atomic E-state index is 0. The van der Waals surface area contributed by atoms with Gasteiger partial charge in [0.15, 0.2) is 5.96 Å². The average Bonchev–Trinajstić information content (AvgIpc) is 2.25. The van der Waals surface area contributed by atoms with Crippen molar-refractivity contribution < 1.29 is 8.42 Å². The molecule has 110 valence electrons. The van der Waals surface area contributed by atoms with Gasteiger partial charge in [0, 0.05) is 26.4 Å². The molecule has 5 nitrogen and oxygen atoms in total. The van der Waals surface area contributed by atoms with Crippen LogP contribution in [0.1, 0.15) is 12.8 Å². The van der Waals surface area contributed by atoms with Crippen molar-refractivity contribution in [2.45, 2.75) is 12.8 Å². The summed E-state index contributed by atoms with van der Waals surface area (Å²) in [6.07, 6.45) is 5.59. The topological polar surface area (TPSA) is 70.6 Å². The summed E-state index contributed by atoms with van der Waals surface area (Å²) in [5.41, 5.74) is 0. The molecule has 0 aromatic heterocycles. The standard InChI is InChI=1S/C10H23N3O2S2.HI/c1-11-10(12-6-4-5-8-16-2)13-7-9-17(3,14)15;/h4-9H2,1-3H3,(H2,11,12,13);1H. The van der Waals surface area contributed by atoms with Crippen LogP contribution < -0.4 is 10.6 Å². The first-order valence-corrected chi connectivity index (χ1v) is 9.06. The minimum atomic E-state index is -2.91. The van der Waals surface area contributed by atoms with Gasteiger partial charge in [-0.1, -0.05) is 0 Å². The van der Waals surface area contributed by atoms with Gasteiger partial charge in [-0.25, -0.2) is 8.42 Å². The molecule has 8 heteroatoms. The highest BCUT2D eigenvalue weighted by atomic mass is 127. The number of nitrogens with zero attached hydrogens (tertiary/aromatic N) is 1. The number of hydrogen-bond donors (Lipinski definition) is 2. The first-order valence-electron chi connectivity index (χ1n) is 5.61. The Bertz CT molecular complexity index is 321. The van der Waals surface area contributed by atoms with Crippen LogP contribution in [-0.4, -0.2) is 58.5 Å². The second kappa shape index (κ2) is 12.3. The Kier molecular flexibility index (Phi) is 14.1. The van der Waals surface area contributed by atoms with E-state index < -0.39 is 9.84 Å². The van der Waals surface area contributed by atoms with Gasteiger partial charge in [0.05, 0.1) is 5.75 Å². The van der Waals surface area contributed by atoms with Crippen LogP contribution in [0.25, 0.3) is 0 Å². The number of thioether (sulfide) groups is 1. The molecule has 0 aliphatic rings. The van der Waals surface area contributed by atoms with E-state index in [1.54, 1.807) is 7.05 Å². The Labute approximate surface area is 132 Å². The largest absolute Gasteiger partial charge is 0.356 e. The molecule has 0 aliphatic heterocycles. The van der Waals surface area contributed by atoms with Gasteiger partial charge in [-0.15, -0.1) is 24.0 Å². The molecule has 0 amide bonds. The Morgan fingerprint density at radius 1 is 1.22 bits per heavy atom. The van der Waals surface area contributed by atoms with Crippen LogP contribution in [0.5, 0.6) is 0 Å². The molecule has 0 aromatic rings. The van der Waals surface area contributed by atoms with Gasteiger partial charge < -0.3 is 10.6 Å². The van der Waals surface area contributed by atoms with Crippen molar-refractivity contribution in [3.8, 4) is 0 Å². The van der Waals surface area contributed by atoms with E-state index in [0.29, 0.717) is 12.5 Å². The van der Waals surface area contributed by atoms with Gasteiger partial charge in [0.2, 0.25) is 0 Å². The molecule has 0 unspecified atom stereocenters. The summed E-state index contributed by atoms with van der Waals surface area (Å²) in [4.78, 5) is 4.02. The fraction of sp³-hybridized carbons (Fsp3) is 0.900. The fourth-order valence-corrected chi connectivity index (χ4v) is 2.12.